The Balaban J connectivity index is 1.84. The van der Waals surface area contributed by atoms with Crippen molar-refractivity contribution in [1.82, 2.24) is 19.6 Å². The number of aryl methyl sites for hydroxylation is 1. The molecule has 1 atom stereocenters. The molecule has 5 nitrogen and oxygen atoms in total. The summed E-state index contributed by atoms with van der Waals surface area (Å²) in [5.74, 6) is 1.28. The molecule has 1 amide bonds. The highest BCUT2D eigenvalue weighted by Gasteiger charge is 2.31. The summed E-state index contributed by atoms with van der Waals surface area (Å²) in [5.41, 5.74) is 2.20. The fraction of sp³-hybridized carbons (Fsp3) is 0.471. The van der Waals surface area contributed by atoms with E-state index >= 15 is 0 Å². The van der Waals surface area contributed by atoms with Crippen LogP contribution >= 0.6 is 11.5 Å². The Hall–Kier alpha value is -1.79. The summed E-state index contributed by atoms with van der Waals surface area (Å²) in [6.45, 7) is 8.40. The average molecular weight is 330 g/mol. The van der Waals surface area contributed by atoms with Crippen LogP contribution in [0, 0.1) is 6.92 Å². The molecule has 1 aliphatic rings. The highest BCUT2D eigenvalue weighted by Crippen LogP contribution is 2.26. The SMILES string of the molecule is Cc1cccc(C2C(=O)NCCN2Cc2nc(C(C)C)ns2)c1. The Morgan fingerprint density at radius 2 is 2.26 bits per heavy atom. The minimum absolute atomic E-state index is 0.0652. The number of rotatable bonds is 4. The molecule has 0 bridgehead atoms. The van der Waals surface area contributed by atoms with Crippen LogP contribution in [-0.4, -0.2) is 33.3 Å². The van der Waals surface area contributed by atoms with E-state index in [-0.39, 0.29) is 11.9 Å². The number of nitrogens with zero attached hydrogens (tertiary/aromatic N) is 3. The third-order valence-corrected chi connectivity index (χ3v) is 4.72. The van der Waals surface area contributed by atoms with E-state index in [2.05, 4.69) is 39.5 Å². The zero-order chi connectivity index (χ0) is 16.4. The Kier molecular flexibility index (Phi) is 4.73. The molecular weight excluding hydrogens is 308 g/mol. The van der Waals surface area contributed by atoms with Gasteiger partial charge in [0, 0.05) is 19.0 Å². The molecule has 0 aliphatic carbocycles. The lowest BCUT2D eigenvalue weighted by atomic mass is 10.0. The first-order valence-electron chi connectivity index (χ1n) is 7.95. The quantitative estimate of drug-likeness (QED) is 0.936. The van der Waals surface area contributed by atoms with E-state index in [1.54, 1.807) is 0 Å². The number of amides is 1. The lowest BCUT2D eigenvalue weighted by molar-refractivity contribution is -0.129. The van der Waals surface area contributed by atoms with E-state index in [0.29, 0.717) is 19.0 Å². The van der Waals surface area contributed by atoms with Crippen LogP contribution in [0.2, 0.25) is 0 Å². The number of piperazine rings is 1. The van der Waals surface area contributed by atoms with Gasteiger partial charge in [-0.15, -0.1) is 0 Å². The van der Waals surface area contributed by atoms with Crippen LogP contribution in [0.25, 0.3) is 0 Å². The lowest BCUT2D eigenvalue weighted by Gasteiger charge is -2.34. The first kappa shape index (κ1) is 16.1. The Morgan fingerprint density at radius 1 is 1.43 bits per heavy atom. The molecule has 1 aliphatic heterocycles. The number of nitrogens with one attached hydrogen (secondary N) is 1. The second-order valence-electron chi connectivity index (χ2n) is 6.28. The molecule has 1 saturated heterocycles. The van der Waals surface area contributed by atoms with E-state index < -0.39 is 0 Å². The van der Waals surface area contributed by atoms with Gasteiger partial charge in [0.15, 0.2) is 0 Å². The van der Waals surface area contributed by atoms with Crippen molar-refractivity contribution < 1.29 is 4.79 Å². The first-order chi connectivity index (χ1) is 11.0. The average Bonchev–Trinajstić information content (AvgIpc) is 2.96. The number of carbonyl (C=O) groups excluding carboxylic acids is 1. The molecule has 1 fully saturated rings. The smallest absolute Gasteiger partial charge is 0.242 e. The van der Waals surface area contributed by atoms with Crippen LogP contribution in [0.15, 0.2) is 24.3 Å². The predicted molar refractivity (Wildman–Crippen MR) is 91.3 cm³/mol. The fourth-order valence-corrected chi connectivity index (χ4v) is 3.64. The van der Waals surface area contributed by atoms with Crippen LogP contribution in [0.5, 0.6) is 0 Å². The van der Waals surface area contributed by atoms with Gasteiger partial charge in [0.2, 0.25) is 5.91 Å². The van der Waals surface area contributed by atoms with E-state index in [1.807, 2.05) is 25.1 Å². The zero-order valence-corrected chi connectivity index (χ0v) is 14.6. The van der Waals surface area contributed by atoms with Gasteiger partial charge in [0.05, 0.1) is 6.54 Å². The molecule has 23 heavy (non-hydrogen) atoms. The van der Waals surface area contributed by atoms with E-state index in [0.717, 1.165) is 22.9 Å². The summed E-state index contributed by atoms with van der Waals surface area (Å²) in [4.78, 5) is 19.2. The van der Waals surface area contributed by atoms with Crippen molar-refractivity contribution in [3.05, 3.63) is 46.2 Å². The number of benzene rings is 1. The van der Waals surface area contributed by atoms with Crippen LogP contribution in [0.4, 0.5) is 0 Å². The summed E-state index contributed by atoms with van der Waals surface area (Å²) in [5, 5.41) is 3.95. The highest BCUT2D eigenvalue weighted by atomic mass is 32.1. The lowest BCUT2D eigenvalue weighted by Crippen LogP contribution is -2.49. The second kappa shape index (κ2) is 6.76. The van der Waals surface area contributed by atoms with Crippen molar-refractivity contribution in [3.63, 3.8) is 0 Å². The molecule has 1 unspecified atom stereocenters. The van der Waals surface area contributed by atoms with E-state index in [9.17, 15) is 4.79 Å². The highest BCUT2D eigenvalue weighted by molar-refractivity contribution is 7.05. The molecule has 1 N–H and O–H groups in total. The summed E-state index contributed by atoms with van der Waals surface area (Å²) in [6.07, 6.45) is 0. The largest absolute Gasteiger partial charge is 0.353 e. The number of hydrogen-bond acceptors (Lipinski definition) is 5. The topological polar surface area (TPSA) is 58.1 Å². The zero-order valence-electron chi connectivity index (χ0n) is 13.7. The molecule has 122 valence electrons. The van der Waals surface area contributed by atoms with Crippen molar-refractivity contribution >= 4 is 17.4 Å². The molecule has 0 saturated carbocycles. The van der Waals surface area contributed by atoms with Gasteiger partial charge in [-0.1, -0.05) is 43.7 Å². The van der Waals surface area contributed by atoms with Gasteiger partial charge >= 0.3 is 0 Å². The standard InChI is InChI=1S/C17H22N4OS/c1-11(2)16-19-14(23-20-16)10-21-8-7-18-17(22)15(21)13-6-4-5-12(3)9-13/h4-6,9,11,15H,7-8,10H2,1-3H3,(H,18,22). The number of carbonyl (C=O) groups is 1. The van der Waals surface area contributed by atoms with Crippen molar-refractivity contribution in [2.45, 2.75) is 39.3 Å². The Labute approximate surface area is 140 Å². The predicted octanol–water partition coefficient (Wildman–Crippen LogP) is 2.64. The Bertz CT molecular complexity index is 697. The van der Waals surface area contributed by atoms with Gasteiger partial charge in [0.1, 0.15) is 16.9 Å². The molecule has 3 rings (SSSR count). The molecule has 0 spiro atoms. The number of aromatic nitrogens is 2. The molecule has 6 heteroatoms. The van der Waals surface area contributed by atoms with Crippen molar-refractivity contribution in [3.8, 4) is 0 Å². The van der Waals surface area contributed by atoms with E-state index in [1.165, 1.54) is 17.1 Å². The third kappa shape index (κ3) is 3.59. The summed E-state index contributed by atoms with van der Waals surface area (Å²) in [7, 11) is 0. The maximum atomic E-state index is 12.4. The summed E-state index contributed by atoms with van der Waals surface area (Å²) in [6, 6.07) is 7.91. The molecule has 1 aromatic carbocycles. The third-order valence-electron chi connectivity index (χ3n) is 4.01. The minimum Gasteiger partial charge on any atom is -0.353 e. The van der Waals surface area contributed by atoms with Crippen molar-refractivity contribution in [1.29, 1.82) is 0 Å². The summed E-state index contributed by atoms with van der Waals surface area (Å²) < 4.78 is 4.42. The first-order valence-corrected chi connectivity index (χ1v) is 8.72. The summed E-state index contributed by atoms with van der Waals surface area (Å²) >= 11 is 1.44. The normalized spacial score (nSPS) is 19.1. The van der Waals surface area contributed by atoms with Crippen LogP contribution in [0.3, 0.4) is 0 Å². The van der Waals surface area contributed by atoms with Gasteiger partial charge < -0.3 is 5.32 Å². The maximum absolute atomic E-state index is 12.4. The maximum Gasteiger partial charge on any atom is 0.242 e. The van der Waals surface area contributed by atoms with Crippen molar-refractivity contribution in [2.75, 3.05) is 13.1 Å². The molecule has 2 heterocycles. The van der Waals surface area contributed by atoms with Gasteiger partial charge in [-0.3, -0.25) is 9.69 Å². The van der Waals surface area contributed by atoms with E-state index in [4.69, 9.17) is 0 Å². The number of hydrogen-bond donors (Lipinski definition) is 1. The minimum atomic E-state index is -0.255. The fourth-order valence-electron chi connectivity index (χ4n) is 2.83. The van der Waals surface area contributed by atoms with Crippen LogP contribution < -0.4 is 5.32 Å². The van der Waals surface area contributed by atoms with Gasteiger partial charge in [0.25, 0.3) is 0 Å². The second-order valence-corrected chi connectivity index (χ2v) is 7.12. The van der Waals surface area contributed by atoms with Gasteiger partial charge in [-0.05, 0) is 24.0 Å². The molecule has 2 aromatic rings. The van der Waals surface area contributed by atoms with Crippen molar-refractivity contribution in [2.24, 2.45) is 0 Å². The van der Waals surface area contributed by atoms with Gasteiger partial charge in [-0.25, -0.2) is 4.98 Å². The molecular formula is C17H22N4OS. The Morgan fingerprint density at radius 3 is 2.96 bits per heavy atom. The molecule has 1 aromatic heterocycles. The van der Waals surface area contributed by atoms with Crippen LogP contribution in [0.1, 0.15) is 47.8 Å². The monoisotopic (exact) mass is 330 g/mol. The van der Waals surface area contributed by atoms with Gasteiger partial charge in [-0.2, -0.15) is 4.37 Å². The molecule has 0 radical (unpaired) electrons. The van der Waals surface area contributed by atoms with Crippen LogP contribution in [-0.2, 0) is 11.3 Å².